The Kier molecular flexibility index (Phi) is 6.99. The van der Waals surface area contributed by atoms with E-state index in [-0.39, 0.29) is 18.4 Å². The van der Waals surface area contributed by atoms with Crippen LogP contribution < -0.4 is 5.32 Å². The van der Waals surface area contributed by atoms with E-state index in [9.17, 15) is 9.59 Å². The number of rotatable bonds is 6. The van der Waals surface area contributed by atoms with Gasteiger partial charge < -0.3 is 10.2 Å². The average molecular weight is 331 g/mol. The number of carbonyl (C=O) groups excluding carboxylic acids is 2. The first-order valence-electron chi connectivity index (χ1n) is 6.90. The maximum atomic E-state index is 12.2. The second-order valence-electron chi connectivity index (χ2n) is 4.61. The number of carbonyl (C=O) groups is 2. The van der Waals surface area contributed by atoms with Gasteiger partial charge in [-0.3, -0.25) is 9.59 Å². The number of hydrogen-bond acceptors (Lipinski definition) is 2. The van der Waals surface area contributed by atoms with Crippen molar-refractivity contribution in [2.75, 3.05) is 7.05 Å². The fraction of sp³-hybridized carbons (Fsp3) is 0.467. The van der Waals surface area contributed by atoms with E-state index in [1.165, 1.54) is 4.90 Å². The summed E-state index contributed by atoms with van der Waals surface area (Å²) in [5.41, 5.74) is 0.657. The first-order valence-corrected chi connectivity index (χ1v) is 7.65. The Morgan fingerprint density at radius 1 is 1.24 bits per heavy atom. The lowest BCUT2D eigenvalue weighted by atomic mass is 10.1. The molecule has 116 valence electrons. The standard InChI is InChI=1S/C15H20Cl2N2O2/c1-4-13(15(21)18-3)19(14(20)5-2)9-10-11(16)7-6-8-12(10)17/h6-8,13H,4-5,9H2,1-3H3,(H,18,21)/t13-/m1/s1. The maximum Gasteiger partial charge on any atom is 0.242 e. The predicted octanol–water partition coefficient (Wildman–Crippen LogP) is 3.26. The van der Waals surface area contributed by atoms with Gasteiger partial charge in [-0.25, -0.2) is 0 Å². The summed E-state index contributed by atoms with van der Waals surface area (Å²) in [6.45, 7) is 3.85. The highest BCUT2D eigenvalue weighted by Crippen LogP contribution is 2.27. The van der Waals surface area contributed by atoms with Crippen molar-refractivity contribution in [1.29, 1.82) is 0 Å². The van der Waals surface area contributed by atoms with Gasteiger partial charge in [-0.15, -0.1) is 0 Å². The molecule has 1 atom stereocenters. The maximum absolute atomic E-state index is 12.2. The molecule has 1 aromatic rings. The molecular weight excluding hydrogens is 311 g/mol. The molecule has 21 heavy (non-hydrogen) atoms. The second kappa shape index (κ2) is 8.25. The summed E-state index contributed by atoms with van der Waals surface area (Å²) in [6, 6.07) is 4.65. The zero-order chi connectivity index (χ0) is 16.0. The van der Waals surface area contributed by atoms with Gasteiger partial charge in [-0.1, -0.05) is 43.1 Å². The average Bonchev–Trinajstić information content (AvgIpc) is 2.48. The van der Waals surface area contributed by atoms with Crippen LogP contribution in [0.4, 0.5) is 0 Å². The summed E-state index contributed by atoms with van der Waals surface area (Å²) in [7, 11) is 1.56. The van der Waals surface area contributed by atoms with E-state index in [1.807, 2.05) is 6.92 Å². The van der Waals surface area contributed by atoms with Crippen molar-refractivity contribution in [2.45, 2.75) is 39.3 Å². The molecule has 0 heterocycles. The van der Waals surface area contributed by atoms with Crippen molar-refractivity contribution in [3.05, 3.63) is 33.8 Å². The summed E-state index contributed by atoms with van der Waals surface area (Å²) in [5, 5.41) is 3.57. The highest BCUT2D eigenvalue weighted by Gasteiger charge is 2.28. The molecule has 0 bridgehead atoms. The Bertz CT molecular complexity index is 500. The Hall–Kier alpha value is -1.26. The molecule has 4 nitrogen and oxygen atoms in total. The molecule has 0 aliphatic heterocycles. The molecule has 1 aromatic carbocycles. The normalized spacial score (nSPS) is 11.9. The Morgan fingerprint density at radius 3 is 2.24 bits per heavy atom. The van der Waals surface area contributed by atoms with Crippen LogP contribution in [0.25, 0.3) is 0 Å². The quantitative estimate of drug-likeness (QED) is 0.870. The van der Waals surface area contributed by atoms with Crippen LogP contribution in [-0.2, 0) is 16.1 Å². The van der Waals surface area contributed by atoms with Gasteiger partial charge in [-0.05, 0) is 18.6 Å². The molecule has 0 saturated carbocycles. The van der Waals surface area contributed by atoms with Crippen molar-refractivity contribution in [1.82, 2.24) is 10.2 Å². The van der Waals surface area contributed by atoms with Crippen molar-refractivity contribution in [2.24, 2.45) is 0 Å². The Morgan fingerprint density at radius 2 is 1.81 bits per heavy atom. The van der Waals surface area contributed by atoms with E-state index >= 15 is 0 Å². The summed E-state index contributed by atoms with van der Waals surface area (Å²) in [5.74, 6) is -0.302. The van der Waals surface area contributed by atoms with Gasteiger partial charge >= 0.3 is 0 Å². The molecule has 6 heteroatoms. The molecule has 0 radical (unpaired) electrons. The summed E-state index contributed by atoms with van der Waals surface area (Å²) in [4.78, 5) is 25.7. The zero-order valence-electron chi connectivity index (χ0n) is 12.5. The van der Waals surface area contributed by atoms with E-state index in [0.29, 0.717) is 28.5 Å². The van der Waals surface area contributed by atoms with Crippen LogP contribution in [0.1, 0.15) is 32.3 Å². The van der Waals surface area contributed by atoms with Crippen LogP contribution in [0.3, 0.4) is 0 Å². The summed E-state index contributed by atoms with van der Waals surface area (Å²) in [6.07, 6.45) is 0.836. The minimum Gasteiger partial charge on any atom is -0.357 e. The van der Waals surface area contributed by atoms with Crippen LogP contribution in [0.2, 0.25) is 10.0 Å². The highest BCUT2D eigenvalue weighted by molar-refractivity contribution is 6.36. The topological polar surface area (TPSA) is 49.4 Å². The van der Waals surface area contributed by atoms with Gasteiger partial charge in [0.25, 0.3) is 0 Å². The van der Waals surface area contributed by atoms with Crippen molar-refractivity contribution in [3.63, 3.8) is 0 Å². The lowest BCUT2D eigenvalue weighted by molar-refractivity contribution is -0.141. The van der Waals surface area contributed by atoms with Gasteiger partial charge in [0.1, 0.15) is 6.04 Å². The van der Waals surface area contributed by atoms with E-state index in [0.717, 1.165) is 0 Å². The highest BCUT2D eigenvalue weighted by atomic mass is 35.5. The van der Waals surface area contributed by atoms with Crippen LogP contribution in [0, 0.1) is 0 Å². The lowest BCUT2D eigenvalue weighted by Crippen LogP contribution is -2.48. The fourth-order valence-electron chi connectivity index (χ4n) is 2.14. The third kappa shape index (κ3) is 4.35. The number of halogens is 2. The molecule has 0 aliphatic rings. The fourth-order valence-corrected chi connectivity index (χ4v) is 2.66. The monoisotopic (exact) mass is 330 g/mol. The van der Waals surface area contributed by atoms with E-state index in [2.05, 4.69) is 5.32 Å². The molecule has 1 rings (SSSR count). The van der Waals surface area contributed by atoms with Crippen molar-refractivity contribution in [3.8, 4) is 0 Å². The second-order valence-corrected chi connectivity index (χ2v) is 5.43. The largest absolute Gasteiger partial charge is 0.357 e. The molecule has 0 spiro atoms. The molecular formula is C15H20Cl2N2O2. The van der Waals surface area contributed by atoms with Gasteiger partial charge in [0.05, 0.1) is 0 Å². The summed E-state index contributed by atoms with van der Waals surface area (Å²) < 4.78 is 0. The number of benzene rings is 1. The van der Waals surface area contributed by atoms with Gasteiger partial charge in [0, 0.05) is 35.6 Å². The van der Waals surface area contributed by atoms with Crippen LogP contribution in [-0.4, -0.2) is 29.8 Å². The molecule has 0 aliphatic carbocycles. The molecule has 0 saturated heterocycles. The first kappa shape index (κ1) is 17.8. The third-order valence-electron chi connectivity index (χ3n) is 3.32. The zero-order valence-corrected chi connectivity index (χ0v) is 14.0. The predicted molar refractivity (Wildman–Crippen MR) is 85.4 cm³/mol. The third-order valence-corrected chi connectivity index (χ3v) is 4.03. The van der Waals surface area contributed by atoms with Gasteiger partial charge in [-0.2, -0.15) is 0 Å². The smallest absolute Gasteiger partial charge is 0.242 e. The van der Waals surface area contributed by atoms with Crippen LogP contribution in [0.5, 0.6) is 0 Å². The number of nitrogens with one attached hydrogen (secondary N) is 1. The number of nitrogens with zero attached hydrogens (tertiary/aromatic N) is 1. The lowest BCUT2D eigenvalue weighted by Gasteiger charge is -2.30. The van der Waals surface area contributed by atoms with Gasteiger partial charge in [0.15, 0.2) is 0 Å². The first-order chi connectivity index (χ1) is 9.96. The van der Waals surface area contributed by atoms with E-state index in [1.54, 1.807) is 32.2 Å². The molecule has 0 aromatic heterocycles. The van der Waals surface area contributed by atoms with Crippen LogP contribution >= 0.6 is 23.2 Å². The molecule has 1 N–H and O–H groups in total. The van der Waals surface area contributed by atoms with Crippen LogP contribution in [0.15, 0.2) is 18.2 Å². The number of amides is 2. The van der Waals surface area contributed by atoms with E-state index < -0.39 is 6.04 Å². The number of likely N-dealkylation sites (N-methyl/N-ethyl adjacent to an activating group) is 1. The number of hydrogen-bond donors (Lipinski definition) is 1. The summed E-state index contributed by atoms with van der Waals surface area (Å²) >= 11 is 12.3. The van der Waals surface area contributed by atoms with Crippen molar-refractivity contribution < 1.29 is 9.59 Å². The Labute approximate surface area is 135 Å². The Balaban J connectivity index is 3.14. The SMILES string of the molecule is CCC(=O)N(Cc1c(Cl)cccc1Cl)[C@H](CC)C(=O)NC. The van der Waals surface area contributed by atoms with Gasteiger partial charge in [0.2, 0.25) is 11.8 Å². The molecule has 2 amide bonds. The minimum atomic E-state index is -0.533. The molecule has 0 unspecified atom stereocenters. The molecule has 0 fully saturated rings. The van der Waals surface area contributed by atoms with Crippen molar-refractivity contribution >= 4 is 35.0 Å². The minimum absolute atomic E-state index is 0.110. The van der Waals surface area contributed by atoms with E-state index in [4.69, 9.17) is 23.2 Å².